The van der Waals surface area contributed by atoms with Crippen LogP contribution in [0.5, 0.6) is 11.6 Å². The van der Waals surface area contributed by atoms with Crippen LogP contribution in [0.2, 0.25) is 0 Å². The van der Waals surface area contributed by atoms with Gasteiger partial charge in [-0.2, -0.15) is 0 Å². The molecule has 11 nitrogen and oxygen atoms in total. The number of morpholine rings is 1. The van der Waals surface area contributed by atoms with Gasteiger partial charge in [-0.1, -0.05) is 18.2 Å². The number of piperidine rings is 2. The summed E-state index contributed by atoms with van der Waals surface area (Å²) >= 11 is 0. The van der Waals surface area contributed by atoms with Gasteiger partial charge in [-0.15, -0.1) is 0 Å². The van der Waals surface area contributed by atoms with Gasteiger partial charge in [0.25, 0.3) is 5.91 Å². The van der Waals surface area contributed by atoms with Crippen molar-refractivity contribution in [2.45, 2.75) is 45.1 Å². The number of carbonyl (C=O) groups excluding carboxylic acids is 3. The summed E-state index contributed by atoms with van der Waals surface area (Å²) in [5, 5.41) is 3.07. The molecule has 0 radical (unpaired) electrons. The number of amides is 3. The molecular weight excluding hydrogens is 598 g/mol. The van der Waals surface area contributed by atoms with E-state index in [0.29, 0.717) is 83.4 Å². The molecule has 4 atom stereocenters. The van der Waals surface area contributed by atoms with Gasteiger partial charge in [0.05, 0.1) is 26.9 Å². The maximum atomic E-state index is 13.9. The first-order chi connectivity index (χ1) is 22.9. The highest BCUT2D eigenvalue weighted by Crippen LogP contribution is 2.34. The number of benzene rings is 1. The monoisotopic (exact) mass is 647 g/mol. The van der Waals surface area contributed by atoms with Crippen molar-refractivity contribution >= 4 is 17.7 Å². The summed E-state index contributed by atoms with van der Waals surface area (Å²) in [6.07, 6.45) is 4.23. The van der Waals surface area contributed by atoms with E-state index in [1.807, 2.05) is 21.9 Å². The lowest BCUT2D eigenvalue weighted by Gasteiger charge is -2.42. The Kier molecular flexibility index (Phi) is 11.3. The zero-order chi connectivity index (χ0) is 32.6. The van der Waals surface area contributed by atoms with Gasteiger partial charge in [-0.25, -0.2) is 4.98 Å². The summed E-state index contributed by atoms with van der Waals surface area (Å²) in [7, 11) is 1.68. The largest absolute Gasteiger partial charge is 0.497 e. The van der Waals surface area contributed by atoms with E-state index in [4.69, 9.17) is 14.2 Å². The van der Waals surface area contributed by atoms with E-state index in [9.17, 15) is 14.4 Å². The molecule has 5 heterocycles. The third-order valence-electron chi connectivity index (χ3n) is 10.5. The molecule has 0 saturated carbocycles. The van der Waals surface area contributed by atoms with Crippen LogP contribution in [-0.2, 0) is 20.9 Å². The molecule has 47 heavy (non-hydrogen) atoms. The second-order valence-electron chi connectivity index (χ2n) is 13.5. The lowest BCUT2D eigenvalue weighted by Crippen LogP contribution is -2.48. The first kappa shape index (κ1) is 33.2. The van der Waals surface area contributed by atoms with Gasteiger partial charge < -0.3 is 29.3 Å². The summed E-state index contributed by atoms with van der Waals surface area (Å²) in [5.41, 5.74) is 1.56. The summed E-state index contributed by atoms with van der Waals surface area (Å²) < 4.78 is 16.8. The molecule has 3 saturated heterocycles. The number of nitrogens with zero attached hydrogens (tertiary/aromatic N) is 4. The Morgan fingerprint density at radius 2 is 1.74 bits per heavy atom. The number of ether oxygens (including phenoxy) is 3. The van der Waals surface area contributed by atoms with Crippen LogP contribution in [0.15, 0.2) is 42.5 Å². The fourth-order valence-electron chi connectivity index (χ4n) is 7.71. The normalized spacial score (nSPS) is 26.4. The molecule has 0 spiro atoms. The van der Waals surface area contributed by atoms with Crippen LogP contribution in [0.3, 0.4) is 0 Å². The minimum atomic E-state index is -0.220. The topological polar surface area (TPSA) is 114 Å². The molecule has 6 rings (SSSR count). The van der Waals surface area contributed by atoms with Crippen LogP contribution in [-0.4, -0.2) is 110 Å². The van der Waals surface area contributed by atoms with Crippen LogP contribution in [0, 0.1) is 23.7 Å². The van der Waals surface area contributed by atoms with Crippen molar-refractivity contribution in [2.24, 2.45) is 23.7 Å². The lowest BCUT2D eigenvalue weighted by molar-refractivity contribution is -0.139. The molecule has 0 unspecified atom stereocenters. The molecule has 3 amide bonds. The molecule has 4 bridgehead atoms. The van der Waals surface area contributed by atoms with Gasteiger partial charge in [0, 0.05) is 64.7 Å². The van der Waals surface area contributed by atoms with Crippen molar-refractivity contribution < 1.29 is 28.6 Å². The average molecular weight is 648 g/mol. The lowest BCUT2D eigenvalue weighted by atomic mass is 9.79. The van der Waals surface area contributed by atoms with E-state index in [1.165, 1.54) is 5.56 Å². The van der Waals surface area contributed by atoms with Crippen LogP contribution < -0.4 is 14.8 Å². The minimum Gasteiger partial charge on any atom is -0.497 e. The fourth-order valence-corrected chi connectivity index (χ4v) is 7.71. The van der Waals surface area contributed by atoms with Crippen molar-refractivity contribution in [1.29, 1.82) is 0 Å². The Bertz CT molecular complexity index is 1370. The predicted molar refractivity (Wildman–Crippen MR) is 176 cm³/mol. The number of methoxy groups -OCH3 is 1. The number of hydrogen-bond acceptors (Lipinski definition) is 8. The summed E-state index contributed by atoms with van der Waals surface area (Å²) in [5.74, 6) is 2.24. The molecule has 1 aromatic carbocycles. The van der Waals surface area contributed by atoms with Crippen molar-refractivity contribution in [3.63, 3.8) is 0 Å². The highest BCUT2D eigenvalue weighted by molar-refractivity contribution is 5.92. The zero-order valence-electron chi connectivity index (χ0n) is 27.6. The van der Waals surface area contributed by atoms with E-state index < -0.39 is 0 Å². The van der Waals surface area contributed by atoms with Crippen molar-refractivity contribution in [3.05, 3.63) is 53.7 Å². The molecule has 0 aliphatic carbocycles. The summed E-state index contributed by atoms with van der Waals surface area (Å²) in [6, 6.07) is 13.5. The van der Waals surface area contributed by atoms with Crippen molar-refractivity contribution in [3.8, 4) is 11.6 Å². The van der Waals surface area contributed by atoms with Crippen molar-refractivity contribution in [2.75, 3.05) is 72.7 Å². The average Bonchev–Trinajstić information content (AvgIpc) is 3.10. The quantitative estimate of drug-likeness (QED) is 0.527. The number of nitrogens with one attached hydrogen (secondary N) is 1. The number of fused-ring (bicyclic) bond motifs is 5. The van der Waals surface area contributed by atoms with Gasteiger partial charge in [-0.05, 0) is 79.7 Å². The number of pyridine rings is 1. The Labute approximate surface area is 277 Å². The molecule has 254 valence electrons. The van der Waals surface area contributed by atoms with E-state index in [-0.39, 0.29) is 41.4 Å². The number of likely N-dealkylation sites (tertiary alicyclic amines) is 1. The van der Waals surface area contributed by atoms with Gasteiger partial charge >= 0.3 is 0 Å². The number of carbonyl (C=O) groups is 3. The Morgan fingerprint density at radius 1 is 0.915 bits per heavy atom. The Hall–Kier alpha value is -3.70. The van der Waals surface area contributed by atoms with Gasteiger partial charge in [0.2, 0.25) is 17.7 Å². The maximum absolute atomic E-state index is 13.9. The SMILES string of the molecule is COc1ccc(CN2CC[C@H]3CC(=O)N4CC[C@@H](CC(=O)N5CCOCC5)[C@@H](CCOc5cccc(n5)C(=O)NCC[C@H]3C2)C4)cc1. The van der Waals surface area contributed by atoms with Crippen LogP contribution >= 0.6 is 0 Å². The molecule has 4 aliphatic rings. The Morgan fingerprint density at radius 3 is 2.55 bits per heavy atom. The van der Waals surface area contributed by atoms with E-state index in [1.54, 1.807) is 25.3 Å². The molecule has 2 aromatic rings. The van der Waals surface area contributed by atoms with Crippen LogP contribution in [0.1, 0.15) is 54.6 Å². The summed E-state index contributed by atoms with van der Waals surface area (Å²) in [4.78, 5) is 51.1. The second-order valence-corrected chi connectivity index (χ2v) is 13.5. The zero-order valence-corrected chi connectivity index (χ0v) is 27.6. The van der Waals surface area contributed by atoms with E-state index in [0.717, 1.165) is 44.6 Å². The fraction of sp³-hybridized carbons (Fsp3) is 0.611. The molecule has 3 fully saturated rings. The molecule has 11 heteroatoms. The second kappa shape index (κ2) is 15.9. The molecule has 1 N–H and O–H groups in total. The standard InChI is InChI=1S/C36H49N5O6/c1-45-31-7-5-26(6-8-31)23-39-14-10-27-22-35(43)41-15-11-28(21-34(42)40-16-19-46-20-17-40)30(25-41)12-18-47-33-4-2-3-32(38-33)36(44)37-13-9-29(27)24-39/h2-8,27-30H,9-25H2,1H3,(H,37,44)/t27-,28-,29-,30-/m0/s1. The Balaban J connectivity index is 1.17. The van der Waals surface area contributed by atoms with Crippen molar-refractivity contribution in [1.82, 2.24) is 25.0 Å². The smallest absolute Gasteiger partial charge is 0.270 e. The van der Waals surface area contributed by atoms with Gasteiger partial charge in [-0.3, -0.25) is 19.3 Å². The number of rotatable bonds is 5. The number of hydrogen-bond donors (Lipinski definition) is 1. The maximum Gasteiger partial charge on any atom is 0.270 e. The summed E-state index contributed by atoms with van der Waals surface area (Å²) in [6.45, 7) is 7.31. The first-order valence-electron chi connectivity index (χ1n) is 17.3. The van der Waals surface area contributed by atoms with Gasteiger partial charge in [0.15, 0.2) is 0 Å². The van der Waals surface area contributed by atoms with E-state index >= 15 is 0 Å². The van der Waals surface area contributed by atoms with Gasteiger partial charge in [0.1, 0.15) is 11.4 Å². The third kappa shape index (κ3) is 8.81. The highest BCUT2D eigenvalue weighted by atomic mass is 16.5. The minimum absolute atomic E-state index is 0.141. The third-order valence-corrected chi connectivity index (χ3v) is 10.5. The predicted octanol–water partition coefficient (Wildman–Crippen LogP) is 3.23. The molecule has 4 aliphatic heterocycles. The van der Waals surface area contributed by atoms with Crippen LogP contribution in [0.25, 0.3) is 0 Å². The molecule has 1 aromatic heterocycles. The van der Waals surface area contributed by atoms with E-state index in [2.05, 4.69) is 27.3 Å². The number of aromatic nitrogens is 1. The highest BCUT2D eigenvalue weighted by Gasteiger charge is 2.37. The molecular formula is C36H49N5O6. The first-order valence-corrected chi connectivity index (χ1v) is 17.3. The van der Waals surface area contributed by atoms with Crippen LogP contribution in [0.4, 0.5) is 0 Å².